The van der Waals surface area contributed by atoms with Crippen molar-refractivity contribution in [2.75, 3.05) is 13.7 Å². The molecule has 0 radical (unpaired) electrons. The number of hydrogen-bond acceptors (Lipinski definition) is 6. The Hall–Kier alpha value is -3.65. The van der Waals surface area contributed by atoms with Crippen molar-refractivity contribution in [3.05, 3.63) is 87.9 Å². The van der Waals surface area contributed by atoms with Gasteiger partial charge in [0.1, 0.15) is 5.75 Å². The summed E-state index contributed by atoms with van der Waals surface area (Å²) in [6.07, 6.45) is 1.47. The van der Waals surface area contributed by atoms with E-state index in [1.54, 1.807) is 60.7 Å². The molecule has 0 saturated carbocycles. The van der Waals surface area contributed by atoms with Crippen LogP contribution in [0.1, 0.15) is 33.2 Å². The van der Waals surface area contributed by atoms with Gasteiger partial charge in [0.15, 0.2) is 11.5 Å². The number of esters is 1. The normalized spacial score (nSPS) is 10.6. The quantitative estimate of drug-likeness (QED) is 0.208. The molecule has 0 saturated heterocycles. The van der Waals surface area contributed by atoms with Crippen molar-refractivity contribution in [1.29, 1.82) is 0 Å². The van der Waals surface area contributed by atoms with Gasteiger partial charge in [0.2, 0.25) is 0 Å². The van der Waals surface area contributed by atoms with Crippen LogP contribution in [-0.4, -0.2) is 31.8 Å². The summed E-state index contributed by atoms with van der Waals surface area (Å²) < 4.78 is 16.9. The van der Waals surface area contributed by atoms with E-state index in [1.807, 2.05) is 13.0 Å². The fourth-order valence-electron chi connectivity index (χ4n) is 2.72. The number of rotatable bonds is 8. The fourth-order valence-corrected chi connectivity index (χ4v) is 3.12. The molecule has 0 aromatic heterocycles. The lowest BCUT2D eigenvalue weighted by Gasteiger charge is -2.10. The number of hydrogen-bond donors (Lipinski definition) is 1. The van der Waals surface area contributed by atoms with Gasteiger partial charge in [0.25, 0.3) is 5.91 Å². The lowest BCUT2D eigenvalue weighted by atomic mass is 10.2. The molecule has 32 heavy (non-hydrogen) atoms. The van der Waals surface area contributed by atoms with Crippen molar-refractivity contribution in [3.8, 4) is 17.2 Å². The largest absolute Gasteiger partial charge is 0.494 e. The minimum absolute atomic E-state index is 0.271. The third kappa shape index (κ3) is 6.18. The lowest BCUT2D eigenvalue weighted by molar-refractivity contribution is 0.0729. The second-order valence-electron chi connectivity index (χ2n) is 6.47. The molecule has 0 fully saturated rings. The first-order valence-corrected chi connectivity index (χ1v) is 10.5. The summed E-state index contributed by atoms with van der Waals surface area (Å²) in [5.74, 6) is 0.466. The standard InChI is InChI=1S/C24H21BrN2O5/c1-3-31-20-10-8-17(9-11-20)23(28)27-26-15-16-7-12-21(22(13-16)30-2)32-24(29)18-5-4-6-19(25)14-18/h4-15H,3H2,1-2H3,(H,27,28)/b26-15+. The molecule has 0 atom stereocenters. The summed E-state index contributed by atoms with van der Waals surface area (Å²) >= 11 is 3.33. The molecule has 0 heterocycles. The summed E-state index contributed by atoms with van der Waals surface area (Å²) in [5.41, 5.74) is 3.98. The third-order valence-electron chi connectivity index (χ3n) is 4.26. The molecular weight excluding hydrogens is 476 g/mol. The van der Waals surface area contributed by atoms with E-state index in [9.17, 15) is 9.59 Å². The maximum absolute atomic E-state index is 12.4. The van der Waals surface area contributed by atoms with Crippen LogP contribution in [0, 0.1) is 0 Å². The Morgan fingerprint density at radius 1 is 1.00 bits per heavy atom. The summed E-state index contributed by atoms with van der Waals surface area (Å²) in [6.45, 7) is 2.45. The van der Waals surface area contributed by atoms with E-state index in [2.05, 4.69) is 26.5 Å². The summed E-state index contributed by atoms with van der Waals surface area (Å²) in [5, 5.41) is 3.98. The number of carbonyl (C=O) groups excluding carboxylic acids is 2. The molecule has 0 unspecified atom stereocenters. The second kappa shape index (κ2) is 11.1. The van der Waals surface area contributed by atoms with Gasteiger partial charge in [-0.15, -0.1) is 0 Å². The SMILES string of the molecule is CCOc1ccc(C(=O)N/N=C/c2ccc(OC(=O)c3cccc(Br)c3)c(OC)c2)cc1. The minimum atomic E-state index is -0.506. The second-order valence-corrected chi connectivity index (χ2v) is 7.38. The average Bonchev–Trinajstić information content (AvgIpc) is 2.80. The highest BCUT2D eigenvalue weighted by molar-refractivity contribution is 9.10. The minimum Gasteiger partial charge on any atom is -0.494 e. The molecule has 0 aliphatic heterocycles. The van der Waals surface area contributed by atoms with E-state index in [4.69, 9.17) is 14.2 Å². The smallest absolute Gasteiger partial charge is 0.343 e. The van der Waals surface area contributed by atoms with Crippen LogP contribution >= 0.6 is 15.9 Å². The van der Waals surface area contributed by atoms with E-state index in [1.165, 1.54) is 13.3 Å². The maximum Gasteiger partial charge on any atom is 0.343 e. The summed E-state index contributed by atoms with van der Waals surface area (Å²) in [7, 11) is 1.47. The van der Waals surface area contributed by atoms with Crippen LogP contribution in [0.15, 0.2) is 76.3 Å². The zero-order valence-corrected chi connectivity index (χ0v) is 19.1. The van der Waals surface area contributed by atoms with Crippen LogP contribution in [0.2, 0.25) is 0 Å². The predicted molar refractivity (Wildman–Crippen MR) is 125 cm³/mol. The zero-order chi connectivity index (χ0) is 22.9. The first kappa shape index (κ1) is 23.0. The van der Waals surface area contributed by atoms with Crippen LogP contribution in [0.4, 0.5) is 0 Å². The van der Waals surface area contributed by atoms with Crippen molar-refractivity contribution in [2.45, 2.75) is 6.92 Å². The highest BCUT2D eigenvalue weighted by atomic mass is 79.9. The molecule has 1 N–H and O–H groups in total. The Balaban J connectivity index is 1.64. The van der Waals surface area contributed by atoms with Gasteiger partial charge in [-0.2, -0.15) is 5.10 Å². The van der Waals surface area contributed by atoms with Gasteiger partial charge in [-0.1, -0.05) is 22.0 Å². The molecule has 0 aliphatic rings. The topological polar surface area (TPSA) is 86.2 Å². The van der Waals surface area contributed by atoms with Crippen LogP contribution in [0.25, 0.3) is 0 Å². The van der Waals surface area contributed by atoms with E-state index >= 15 is 0 Å². The van der Waals surface area contributed by atoms with Gasteiger partial charge in [-0.3, -0.25) is 4.79 Å². The van der Waals surface area contributed by atoms with Crippen molar-refractivity contribution < 1.29 is 23.8 Å². The number of methoxy groups -OCH3 is 1. The maximum atomic E-state index is 12.4. The summed E-state index contributed by atoms with van der Waals surface area (Å²) in [6, 6.07) is 18.6. The Kier molecular flexibility index (Phi) is 7.99. The first-order valence-electron chi connectivity index (χ1n) is 9.72. The van der Waals surface area contributed by atoms with Gasteiger partial charge in [0, 0.05) is 10.0 Å². The molecule has 164 valence electrons. The number of nitrogens with one attached hydrogen (secondary N) is 1. The fraction of sp³-hybridized carbons (Fsp3) is 0.125. The monoisotopic (exact) mass is 496 g/mol. The van der Waals surface area contributed by atoms with E-state index in [0.717, 1.165) is 4.47 Å². The Morgan fingerprint density at radius 3 is 2.47 bits per heavy atom. The number of halogens is 1. The van der Waals surface area contributed by atoms with Crippen molar-refractivity contribution in [2.24, 2.45) is 5.10 Å². The van der Waals surface area contributed by atoms with Crippen LogP contribution in [-0.2, 0) is 0 Å². The van der Waals surface area contributed by atoms with E-state index in [-0.39, 0.29) is 11.7 Å². The number of carbonyl (C=O) groups is 2. The van der Waals surface area contributed by atoms with E-state index < -0.39 is 5.97 Å². The number of hydrazone groups is 1. The van der Waals surface area contributed by atoms with Crippen LogP contribution in [0.5, 0.6) is 17.2 Å². The number of benzene rings is 3. The Morgan fingerprint density at radius 2 is 1.78 bits per heavy atom. The van der Waals surface area contributed by atoms with Gasteiger partial charge in [-0.05, 0) is 73.2 Å². The van der Waals surface area contributed by atoms with E-state index in [0.29, 0.717) is 34.8 Å². The van der Waals surface area contributed by atoms with Crippen molar-refractivity contribution in [1.82, 2.24) is 5.43 Å². The van der Waals surface area contributed by atoms with Gasteiger partial charge < -0.3 is 14.2 Å². The number of amides is 1. The van der Waals surface area contributed by atoms with Crippen molar-refractivity contribution in [3.63, 3.8) is 0 Å². The molecule has 0 aliphatic carbocycles. The Labute approximate surface area is 194 Å². The highest BCUT2D eigenvalue weighted by Crippen LogP contribution is 2.28. The van der Waals surface area contributed by atoms with Crippen LogP contribution < -0.4 is 19.6 Å². The molecule has 1 amide bonds. The Bertz CT molecular complexity index is 1130. The third-order valence-corrected chi connectivity index (χ3v) is 4.75. The average molecular weight is 497 g/mol. The zero-order valence-electron chi connectivity index (χ0n) is 17.5. The first-order chi connectivity index (χ1) is 15.5. The van der Waals surface area contributed by atoms with Gasteiger partial charge in [0.05, 0.1) is 25.5 Å². The molecule has 0 bridgehead atoms. The van der Waals surface area contributed by atoms with Gasteiger partial charge in [-0.25, -0.2) is 10.2 Å². The molecule has 3 aromatic carbocycles. The molecule has 0 spiro atoms. The molecule has 3 aromatic rings. The molecular formula is C24H21BrN2O5. The molecule has 8 heteroatoms. The lowest BCUT2D eigenvalue weighted by Crippen LogP contribution is -2.17. The number of ether oxygens (including phenoxy) is 3. The van der Waals surface area contributed by atoms with Gasteiger partial charge >= 0.3 is 5.97 Å². The predicted octanol–water partition coefficient (Wildman–Crippen LogP) is 4.84. The molecule has 3 rings (SSSR count). The number of nitrogens with zero attached hydrogens (tertiary/aromatic N) is 1. The van der Waals surface area contributed by atoms with Crippen LogP contribution in [0.3, 0.4) is 0 Å². The highest BCUT2D eigenvalue weighted by Gasteiger charge is 2.13. The molecule has 7 nitrogen and oxygen atoms in total. The summed E-state index contributed by atoms with van der Waals surface area (Å²) in [4.78, 5) is 24.6. The van der Waals surface area contributed by atoms with Crippen molar-refractivity contribution >= 4 is 34.0 Å².